The molecule has 0 bridgehead atoms. The Kier molecular flexibility index (Phi) is 12.1. The molecule has 1 heterocycles. The number of carbonyl (C=O) groups excluding carboxylic acids is 2. The van der Waals surface area contributed by atoms with Gasteiger partial charge in [-0.05, 0) is 82.5 Å². The molecule has 4 rings (SSSR count). The molecule has 246 valence electrons. The predicted octanol–water partition coefficient (Wildman–Crippen LogP) is 6.31. The lowest BCUT2D eigenvalue weighted by atomic mass is 9.83. The number of rotatable bonds is 14. The maximum Gasteiger partial charge on any atom is 0.306 e. The van der Waals surface area contributed by atoms with Gasteiger partial charge >= 0.3 is 5.97 Å². The van der Waals surface area contributed by atoms with Gasteiger partial charge in [-0.1, -0.05) is 59.1 Å². The quantitative estimate of drug-likeness (QED) is 0.105. The highest BCUT2D eigenvalue weighted by molar-refractivity contribution is 6.35. The number of hydrazine groups is 1. The minimum absolute atomic E-state index is 0.0249. The van der Waals surface area contributed by atoms with Gasteiger partial charge in [0.1, 0.15) is 11.4 Å². The van der Waals surface area contributed by atoms with Gasteiger partial charge in [-0.2, -0.15) is 0 Å². The average Bonchev–Trinajstić information content (AvgIpc) is 3.39. The minimum Gasteiger partial charge on any atom is -0.494 e. The summed E-state index contributed by atoms with van der Waals surface area (Å²) in [5.41, 5.74) is 6.93. The molecule has 3 aromatic carbocycles. The summed E-state index contributed by atoms with van der Waals surface area (Å²) in [7, 11) is 0. The van der Waals surface area contributed by atoms with Crippen LogP contribution >= 0.6 is 23.2 Å². The maximum atomic E-state index is 14.2. The van der Waals surface area contributed by atoms with Crippen LogP contribution in [0, 0.1) is 6.92 Å². The molecule has 2 atom stereocenters. The Balaban J connectivity index is 1.67. The van der Waals surface area contributed by atoms with Crippen molar-refractivity contribution in [2.45, 2.75) is 70.6 Å². The fraction of sp³-hybridized carbons (Fsp3) is 0.400. The SMILES string of the molecule is Cc1ccc(CCNNC(=O)[C@@]2(CCC(=O)OC(C)(C)C)N=C(c3ccc(OCCCO)cc3)O[C@H]2c2ccc(Cl)cc2Cl)cc1. The molecule has 3 aromatic rings. The second kappa shape index (κ2) is 15.8. The molecule has 0 spiro atoms. The first-order chi connectivity index (χ1) is 21.9. The number of hydrogen-bond acceptors (Lipinski definition) is 8. The molecule has 0 aromatic heterocycles. The zero-order chi connectivity index (χ0) is 33.3. The Morgan fingerprint density at radius 3 is 2.41 bits per heavy atom. The van der Waals surface area contributed by atoms with Crippen LogP contribution in [0.25, 0.3) is 0 Å². The number of carbonyl (C=O) groups is 2. The van der Waals surface area contributed by atoms with Crippen LogP contribution in [0.5, 0.6) is 5.75 Å². The molecular weight excluding hydrogens is 629 g/mol. The molecule has 0 unspecified atom stereocenters. The highest BCUT2D eigenvalue weighted by Gasteiger charge is 2.54. The summed E-state index contributed by atoms with van der Waals surface area (Å²) in [6.45, 7) is 8.25. The Labute approximate surface area is 280 Å². The van der Waals surface area contributed by atoms with E-state index in [9.17, 15) is 9.59 Å². The summed E-state index contributed by atoms with van der Waals surface area (Å²) >= 11 is 12.9. The molecule has 1 amide bonds. The van der Waals surface area contributed by atoms with Crippen molar-refractivity contribution in [3.63, 3.8) is 0 Å². The van der Waals surface area contributed by atoms with Crippen LogP contribution in [0.2, 0.25) is 10.0 Å². The van der Waals surface area contributed by atoms with Crippen molar-refractivity contribution in [1.82, 2.24) is 10.9 Å². The van der Waals surface area contributed by atoms with E-state index in [1.54, 1.807) is 63.2 Å². The molecule has 3 N–H and O–H groups in total. The number of aliphatic imine (C=N–C) groups is 1. The van der Waals surface area contributed by atoms with Crippen molar-refractivity contribution in [3.05, 3.63) is 99.0 Å². The average molecular weight is 671 g/mol. The van der Waals surface area contributed by atoms with Crippen molar-refractivity contribution in [2.75, 3.05) is 19.8 Å². The molecule has 0 aliphatic carbocycles. The Morgan fingerprint density at radius 2 is 1.76 bits per heavy atom. The van der Waals surface area contributed by atoms with Gasteiger partial charge in [-0.15, -0.1) is 0 Å². The van der Waals surface area contributed by atoms with Gasteiger partial charge < -0.3 is 19.3 Å². The van der Waals surface area contributed by atoms with Gasteiger partial charge in [0.25, 0.3) is 5.91 Å². The summed E-state index contributed by atoms with van der Waals surface area (Å²) < 4.78 is 17.7. The van der Waals surface area contributed by atoms with Gasteiger partial charge in [0.15, 0.2) is 11.6 Å². The number of esters is 1. The summed E-state index contributed by atoms with van der Waals surface area (Å²) in [6.07, 6.45) is 0.0654. The lowest BCUT2D eigenvalue weighted by Gasteiger charge is -2.31. The lowest BCUT2D eigenvalue weighted by molar-refractivity contribution is -0.155. The second-order valence-corrected chi connectivity index (χ2v) is 13.0. The summed E-state index contributed by atoms with van der Waals surface area (Å²) in [4.78, 5) is 32.1. The van der Waals surface area contributed by atoms with E-state index < -0.39 is 29.1 Å². The first kappa shape index (κ1) is 35.2. The number of aliphatic hydroxyl groups excluding tert-OH is 1. The Morgan fingerprint density at radius 1 is 1.04 bits per heavy atom. The van der Waals surface area contributed by atoms with E-state index in [1.165, 1.54) is 5.56 Å². The van der Waals surface area contributed by atoms with Crippen molar-refractivity contribution < 1.29 is 28.9 Å². The molecular formula is C35H41Cl2N3O6. The number of benzene rings is 3. The number of hydrogen-bond donors (Lipinski definition) is 3. The number of aryl methyl sites for hydroxylation is 1. The van der Waals surface area contributed by atoms with Crippen molar-refractivity contribution in [1.29, 1.82) is 0 Å². The number of ether oxygens (including phenoxy) is 3. The zero-order valence-electron chi connectivity index (χ0n) is 26.6. The van der Waals surface area contributed by atoms with Crippen LogP contribution in [0.15, 0.2) is 71.7 Å². The third kappa shape index (κ3) is 9.45. The molecule has 11 heteroatoms. The first-order valence-electron chi connectivity index (χ1n) is 15.3. The molecule has 1 aliphatic heterocycles. The molecule has 0 saturated heterocycles. The largest absolute Gasteiger partial charge is 0.494 e. The van der Waals surface area contributed by atoms with E-state index in [0.717, 1.165) is 5.56 Å². The fourth-order valence-corrected chi connectivity index (χ4v) is 5.47. The van der Waals surface area contributed by atoms with Crippen LogP contribution in [0.4, 0.5) is 0 Å². The van der Waals surface area contributed by atoms with Gasteiger partial charge in [-0.25, -0.2) is 10.4 Å². The van der Waals surface area contributed by atoms with Crippen LogP contribution in [0.1, 0.15) is 68.4 Å². The normalized spacial score (nSPS) is 17.6. The number of amides is 1. The van der Waals surface area contributed by atoms with Crippen LogP contribution < -0.4 is 15.6 Å². The first-order valence-corrected chi connectivity index (χ1v) is 16.0. The Bertz CT molecular complexity index is 1520. The minimum atomic E-state index is -1.60. The highest BCUT2D eigenvalue weighted by atomic mass is 35.5. The van der Waals surface area contributed by atoms with Crippen molar-refractivity contribution in [2.24, 2.45) is 4.99 Å². The van der Waals surface area contributed by atoms with E-state index in [2.05, 4.69) is 10.9 Å². The van der Waals surface area contributed by atoms with Crippen LogP contribution in [-0.2, 0) is 25.5 Å². The van der Waals surface area contributed by atoms with Gasteiger partial charge in [0.2, 0.25) is 5.90 Å². The molecule has 46 heavy (non-hydrogen) atoms. The molecule has 9 nitrogen and oxygen atoms in total. The van der Waals surface area contributed by atoms with Crippen LogP contribution in [0.3, 0.4) is 0 Å². The molecule has 0 radical (unpaired) electrons. The number of nitrogens with one attached hydrogen (secondary N) is 2. The zero-order valence-corrected chi connectivity index (χ0v) is 28.1. The number of halogens is 2. The van der Waals surface area contributed by atoms with E-state index >= 15 is 0 Å². The topological polar surface area (TPSA) is 118 Å². The smallest absolute Gasteiger partial charge is 0.306 e. The summed E-state index contributed by atoms with van der Waals surface area (Å²) in [5.74, 6) is -0.146. The van der Waals surface area contributed by atoms with Crippen molar-refractivity contribution in [3.8, 4) is 5.75 Å². The lowest BCUT2D eigenvalue weighted by Crippen LogP contribution is -2.53. The summed E-state index contributed by atoms with van der Waals surface area (Å²) in [5, 5.41) is 9.76. The van der Waals surface area contributed by atoms with Gasteiger partial charge in [-0.3, -0.25) is 15.0 Å². The molecule has 0 fully saturated rings. The van der Waals surface area contributed by atoms with E-state index in [1.807, 2.05) is 31.2 Å². The summed E-state index contributed by atoms with van der Waals surface area (Å²) in [6, 6.07) is 20.2. The monoisotopic (exact) mass is 669 g/mol. The van der Waals surface area contributed by atoms with E-state index in [-0.39, 0.29) is 25.3 Å². The maximum absolute atomic E-state index is 14.2. The van der Waals surface area contributed by atoms with Gasteiger partial charge in [0.05, 0.1) is 6.61 Å². The standard InChI is InChI=1S/C35H41Cl2N3O6/c1-23-6-8-24(9-7-23)17-19-38-40-33(43)35(18-16-30(42)46-34(2,3)4)31(28-15-12-26(36)22-29(28)37)45-32(39-35)25-10-13-27(14-11-25)44-21-5-20-41/h6-15,22,31,38,41H,5,16-21H2,1-4H3,(H,40,43)/t31-,35-/m0/s1. The van der Waals surface area contributed by atoms with Crippen LogP contribution in [-0.4, -0.2) is 53.8 Å². The predicted molar refractivity (Wildman–Crippen MR) is 179 cm³/mol. The van der Waals surface area contributed by atoms with E-state index in [0.29, 0.717) is 52.9 Å². The van der Waals surface area contributed by atoms with E-state index in [4.69, 9.17) is 47.5 Å². The fourth-order valence-electron chi connectivity index (χ4n) is 4.96. The highest BCUT2D eigenvalue weighted by Crippen LogP contribution is 2.45. The third-order valence-electron chi connectivity index (χ3n) is 7.27. The number of aliphatic hydroxyl groups is 1. The molecule has 1 aliphatic rings. The number of nitrogens with zero attached hydrogens (tertiary/aromatic N) is 1. The second-order valence-electron chi connectivity index (χ2n) is 12.2. The Hall–Kier alpha value is -3.63. The van der Waals surface area contributed by atoms with Gasteiger partial charge in [0, 0.05) is 47.2 Å². The molecule has 0 saturated carbocycles. The van der Waals surface area contributed by atoms with Crippen molar-refractivity contribution >= 4 is 41.0 Å². The third-order valence-corrected chi connectivity index (χ3v) is 7.83.